The van der Waals surface area contributed by atoms with E-state index in [0.29, 0.717) is 24.7 Å². The van der Waals surface area contributed by atoms with Crippen molar-refractivity contribution in [3.63, 3.8) is 0 Å². The fraction of sp³-hybridized carbons (Fsp3) is 0.667. The van der Waals surface area contributed by atoms with Gasteiger partial charge in [0.1, 0.15) is 17.3 Å². The standard InChI is InChI=1S/C12H15F3N4/c13-12(14,15)9-5-10(19-4-3-8(16)6-19)18-11(17-9)7-1-2-7/h5,7-8H,1-4,6,16H2. The number of halogens is 3. The third-order valence-corrected chi connectivity index (χ3v) is 3.51. The summed E-state index contributed by atoms with van der Waals surface area (Å²) in [7, 11) is 0. The predicted octanol–water partition coefficient (Wildman–Crippen LogP) is 1.91. The van der Waals surface area contributed by atoms with Gasteiger partial charge in [-0.15, -0.1) is 0 Å². The zero-order valence-corrected chi connectivity index (χ0v) is 10.3. The Bertz CT molecular complexity index is 484. The van der Waals surface area contributed by atoms with E-state index in [4.69, 9.17) is 5.73 Å². The lowest BCUT2D eigenvalue weighted by atomic mass is 10.3. The largest absolute Gasteiger partial charge is 0.433 e. The maximum absolute atomic E-state index is 12.9. The molecule has 0 radical (unpaired) electrons. The first-order chi connectivity index (χ1) is 8.93. The molecule has 2 N–H and O–H groups in total. The van der Waals surface area contributed by atoms with Crippen molar-refractivity contribution in [2.24, 2.45) is 5.73 Å². The number of nitrogens with zero attached hydrogens (tertiary/aromatic N) is 3. The van der Waals surface area contributed by atoms with Gasteiger partial charge in [0.2, 0.25) is 0 Å². The fourth-order valence-corrected chi connectivity index (χ4v) is 2.28. The lowest BCUT2D eigenvalue weighted by Gasteiger charge is -2.19. The van der Waals surface area contributed by atoms with Gasteiger partial charge >= 0.3 is 6.18 Å². The summed E-state index contributed by atoms with van der Waals surface area (Å²) in [6.07, 6.45) is -1.90. The normalized spacial score (nSPS) is 24.0. The van der Waals surface area contributed by atoms with Gasteiger partial charge in [0.05, 0.1) is 0 Å². The molecule has 0 amide bonds. The van der Waals surface area contributed by atoms with Crippen molar-refractivity contribution in [2.45, 2.75) is 37.4 Å². The molecule has 7 heteroatoms. The number of aromatic nitrogens is 2. The van der Waals surface area contributed by atoms with Crippen LogP contribution >= 0.6 is 0 Å². The van der Waals surface area contributed by atoms with Gasteiger partial charge in [-0.25, -0.2) is 9.97 Å². The Balaban J connectivity index is 1.96. The maximum Gasteiger partial charge on any atom is 0.433 e. The Labute approximate surface area is 108 Å². The molecule has 1 aliphatic carbocycles. The molecular formula is C12H15F3N4. The van der Waals surface area contributed by atoms with Crippen molar-refractivity contribution in [3.8, 4) is 0 Å². The summed E-state index contributed by atoms with van der Waals surface area (Å²) >= 11 is 0. The minimum absolute atomic E-state index is 0.00803. The van der Waals surface area contributed by atoms with Crippen molar-refractivity contribution in [1.82, 2.24) is 9.97 Å². The van der Waals surface area contributed by atoms with Crippen molar-refractivity contribution in [3.05, 3.63) is 17.6 Å². The van der Waals surface area contributed by atoms with Crippen molar-refractivity contribution >= 4 is 5.82 Å². The van der Waals surface area contributed by atoms with Crippen LogP contribution in [-0.2, 0) is 6.18 Å². The first-order valence-corrected chi connectivity index (χ1v) is 6.40. The highest BCUT2D eigenvalue weighted by Crippen LogP contribution is 2.40. The highest BCUT2D eigenvalue weighted by Gasteiger charge is 2.37. The van der Waals surface area contributed by atoms with Crippen LogP contribution in [0.15, 0.2) is 6.07 Å². The summed E-state index contributed by atoms with van der Waals surface area (Å²) in [4.78, 5) is 9.76. The lowest BCUT2D eigenvalue weighted by molar-refractivity contribution is -0.141. The van der Waals surface area contributed by atoms with E-state index >= 15 is 0 Å². The zero-order chi connectivity index (χ0) is 13.6. The molecule has 0 spiro atoms. The van der Waals surface area contributed by atoms with E-state index in [9.17, 15) is 13.2 Å². The van der Waals surface area contributed by atoms with Crippen LogP contribution in [0.3, 0.4) is 0 Å². The van der Waals surface area contributed by atoms with Crippen LogP contribution in [0.2, 0.25) is 0 Å². The van der Waals surface area contributed by atoms with Crippen molar-refractivity contribution in [2.75, 3.05) is 18.0 Å². The van der Waals surface area contributed by atoms with Gasteiger partial charge in [0.15, 0.2) is 0 Å². The van der Waals surface area contributed by atoms with Gasteiger partial charge in [0, 0.05) is 31.1 Å². The van der Waals surface area contributed by atoms with Crippen LogP contribution in [0.25, 0.3) is 0 Å². The molecule has 1 unspecified atom stereocenters. The molecule has 1 atom stereocenters. The highest BCUT2D eigenvalue weighted by molar-refractivity contribution is 5.42. The average Bonchev–Trinajstić information content (AvgIpc) is 3.10. The van der Waals surface area contributed by atoms with Gasteiger partial charge in [-0.3, -0.25) is 0 Å². The summed E-state index contributed by atoms with van der Waals surface area (Å²) in [6.45, 7) is 1.21. The van der Waals surface area contributed by atoms with Crippen LogP contribution in [0.1, 0.15) is 36.7 Å². The second kappa shape index (κ2) is 4.33. The summed E-state index contributed by atoms with van der Waals surface area (Å²) in [5, 5.41) is 0. The summed E-state index contributed by atoms with van der Waals surface area (Å²) in [5.74, 6) is 0.778. The molecule has 1 saturated heterocycles. The molecule has 1 aromatic heterocycles. The predicted molar refractivity (Wildman–Crippen MR) is 63.8 cm³/mol. The highest BCUT2D eigenvalue weighted by atomic mass is 19.4. The van der Waals surface area contributed by atoms with E-state index in [0.717, 1.165) is 25.3 Å². The quantitative estimate of drug-likeness (QED) is 0.893. The number of anilines is 1. The second-order valence-electron chi connectivity index (χ2n) is 5.24. The van der Waals surface area contributed by atoms with E-state index in [1.807, 2.05) is 4.90 Å². The first-order valence-electron chi connectivity index (χ1n) is 6.40. The molecule has 1 aromatic rings. The molecule has 4 nitrogen and oxygen atoms in total. The lowest BCUT2D eigenvalue weighted by Crippen LogP contribution is -2.27. The van der Waals surface area contributed by atoms with E-state index < -0.39 is 11.9 Å². The smallest absolute Gasteiger partial charge is 0.355 e. The van der Waals surface area contributed by atoms with E-state index in [1.54, 1.807) is 0 Å². The van der Waals surface area contributed by atoms with Crippen LogP contribution in [-0.4, -0.2) is 29.1 Å². The molecule has 0 aromatic carbocycles. The van der Waals surface area contributed by atoms with Crippen LogP contribution in [0.4, 0.5) is 19.0 Å². The summed E-state index contributed by atoms with van der Waals surface area (Å²) < 4.78 is 38.6. The number of rotatable bonds is 2. The van der Waals surface area contributed by atoms with E-state index in [-0.39, 0.29) is 12.0 Å². The fourth-order valence-electron chi connectivity index (χ4n) is 2.28. The Morgan fingerprint density at radius 1 is 1.21 bits per heavy atom. The summed E-state index contributed by atoms with van der Waals surface area (Å²) in [6, 6.07) is 1.04. The first kappa shape index (κ1) is 12.7. The SMILES string of the molecule is NC1CCN(c2cc(C(F)(F)F)nc(C3CC3)n2)C1. The molecular weight excluding hydrogens is 257 g/mol. The molecule has 19 heavy (non-hydrogen) atoms. The molecule has 3 rings (SSSR count). The van der Waals surface area contributed by atoms with Gasteiger partial charge in [-0.2, -0.15) is 13.2 Å². The Kier molecular flexibility index (Phi) is 2.88. The third-order valence-electron chi connectivity index (χ3n) is 3.51. The Hall–Kier alpha value is -1.37. The third kappa shape index (κ3) is 2.65. The maximum atomic E-state index is 12.9. The topological polar surface area (TPSA) is 55.0 Å². The minimum atomic E-state index is -4.43. The van der Waals surface area contributed by atoms with Crippen LogP contribution in [0.5, 0.6) is 0 Å². The molecule has 104 valence electrons. The van der Waals surface area contributed by atoms with Gasteiger partial charge < -0.3 is 10.6 Å². The average molecular weight is 272 g/mol. The second-order valence-corrected chi connectivity index (χ2v) is 5.24. The Morgan fingerprint density at radius 3 is 2.47 bits per heavy atom. The van der Waals surface area contributed by atoms with Crippen LogP contribution < -0.4 is 10.6 Å². The van der Waals surface area contributed by atoms with Gasteiger partial charge in [-0.05, 0) is 19.3 Å². The van der Waals surface area contributed by atoms with Gasteiger partial charge in [0.25, 0.3) is 0 Å². The molecule has 1 saturated carbocycles. The summed E-state index contributed by atoms with van der Waals surface area (Å²) in [5.41, 5.74) is 4.94. The van der Waals surface area contributed by atoms with E-state index in [2.05, 4.69) is 9.97 Å². The molecule has 0 bridgehead atoms. The van der Waals surface area contributed by atoms with Crippen molar-refractivity contribution in [1.29, 1.82) is 0 Å². The Morgan fingerprint density at radius 2 is 1.95 bits per heavy atom. The monoisotopic (exact) mass is 272 g/mol. The number of alkyl halides is 3. The molecule has 2 fully saturated rings. The molecule has 2 heterocycles. The van der Waals surface area contributed by atoms with E-state index in [1.165, 1.54) is 0 Å². The molecule has 1 aliphatic heterocycles. The van der Waals surface area contributed by atoms with Crippen molar-refractivity contribution < 1.29 is 13.2 Å². The van der Waals surface area contributed by atoms with Crippen LogP contribution in [0, 0.1) is 0 Å². The molecule has 2 aliphatic rings. The minimum Gasteiger partial charge on any atom is -0.355 e. The van der Waals surface area contributed by atoms with Gasteiger partial charge in [-0.1, -0.05) is 0 Å². The number of hydrogen-bond acceptors (Lipinski definition) is 4. The number of hydrogen-bond donors (Lipinski definition) is 1. The zero-order valence-electron chi connectivity index (χ0n) is 10.3. The number of nitrogens with two attached hydrogens (primary N) is 1.